The van der Waals surface area contributed by atoms with Gasteiger partial charge in [0.1, 0.15) is 0 Å². The van der Waals surface area contributed by atoms with E-state index in [0.29, 0.717) is 6.04 Å². The van der Waals surface area contributed by atoms with Crippen LogP contribution >= 0.6 is 11.3 Å². The zero-order valence-electron chi connectivity index (χ0n) is 11.1. The topological polar surface area (TPSA) is 12.0 Å². The van der Waals surface area contributed by atoms with Crippen LogP contribution in [0.2, 0.25) is 0 Å². The van der Waals surface area contributed by atoms with Crippen molar-refractivity contribution in [1.29, 1.82) is 0 Å². The van der Waals surface area contributed by atoms with Crippen LogP contribution in [0.15, 0.2) is 41.8 Å². The predicted octanol–water partition coefficient (Wildman–Crippen LogP) is 3.82. The van der Waals surface area contributed by atoms with Gasteiger partial charge >= 0.3 is 0 Å². The van der Waals surface area contributed by atoms with E-state index >= 15 is 0 Å². The molecule has 0 aliphatic heterocycles. The number of nitrogens with one attached hydrogen (secondary N) is 1. The first-order valence-electron chi connectivity index (χ1n) is 6.53. The molecular formula is C16H21NS. The summed E-state index contributed by atoms with van der Waals surface area (Å²) in [6.45, 7) is 2.20. The highest BCUT2D eigenvalue weighted by Crippen LogP contribution is 2.15. The largest absolute Gasteiger partial charge is 0.317 e. The van der Waals surface area contributed by atoms with Gasteiger partial charge in [0.05, 0.1) is 0 Å². The Balaban J connectivity index is 1.91. The fourth-order valence-corrected chi connectivity index (χ4v) is 2.95. The molecule has 0 aliphatic rings. The van der Waals surface area contributed by atoms with E-state index in [1.165, 1.54) is 28.8 Å². The number of hydrogen-bond donors (Lipinski definition) is 1. The van der Waals surface area contributed by atoms with E-state index in [9.17, 15) is 0 Å². The number of aryl methyl sites for hydroxylation is 2. The fourth-order valence-electron chi connectivity index (χ4n) is 2.22. The molecule has 2 heteroatoms. The standard InChI is InChI=1S/C16H21NS/c1-13-6-3-4-7-14(13)12-15(17-2)9-10-16-8-5-11-18-16/h3-8,11,15,17H,9-10,12H2,1-2H3. The molecule has 0 radical (unpaired) electrons. The maximum Gasteiger partial charge on any atom is 0.0108 e. The highest BCUT2D eigenvalue weighted by atomic mass is 32.1. The number of likely N-dealkylation sites (N-methyl/N-ethyl adjacent to an activating group) is 1. The quantitative estimate of drug-likeness (QED) is 0.831. The van der Waals surface area contributed by atoms with Crippen molar-refractivity contribution in [3.05, 3.63) is 57.8 Å². The lowest BCUT2D eigenvalue weighted by Crippen LogP contribution is -2.28. The van der Waals surface area contributed by atoms with Gasteiger partial charge in [0.2, 0.25) is 0 Å². The smallest absolute Gasteiger partial charge is 0.0108 e. The number of thiophene rings is 1. The van der Waals surface area contributed by atoms with Gasteiger partial charge in [-0.3, -0.25) is 0 Å². The first-order valence-corrected chi connectivity index (χ1v) is 7.41. The Hall–Kier alpha value is -1.12. The zero-order valence-corrected chi connectivity index (χ0v) is 12.0. The third-order valence-corrected chi connectivity index (χ3v) is 4.39. The summed E-state index contributed by atoms with van der Waals surface area (Å²) >= 11 is 1.86. The van der Waals surface area contributed by atoms with Crippen LogP contribution in [-0.4, -0.2) is 13.1 Å². The molecule has 0 amide bonds. The van der Waals surface area contributed by atoms with Gasteiger partial charge in [0, 0.05) is 10.9 Å². The minimum Gasteiger partial charge on any atom is -0.317 e. The van der Waals surface area contributed by atoms with Crippen molar-refractivity contribution >= 4 is 11.3 Å². The van der Waals surface area contributed by atoms with Crippen LogP contribution in [0.4, 0.5) is 0 Å². The Labute approximate surface area is 114 Å². The minimum absolute atomic E-state index is 0.563. The molecule has 0 saturated carbocycles. The summed E-state index contributed by atoms with van der Waals surface area (Å²) in [6, 6.07) is 13.6. The van der Waals surface area contributed by atoms with Crippen molar-refractivity contribution in [3.8, 4) is 0 Å². The summed E-state index contributed by atoms with van der Waals surface area (Å²) < 4.78 is 0. The molecule has 0 fully saturated rings. The molecule has 0 aliphatic carbocycles. The van der Waals surface area contributed by atoms with Gasteiger partial charge in [-0.05, 0) is 55.8 Å². The predicted molar refractivity (Wildman–Crippen MR) is 80.4 cm³/mol. The third kappa shape index (κ3) is 3.69. The normalized spacial score (nSPS) is 12.6. The van der Waals surface area contributed by atoms with Crippen LogP contribution in [0.1, 0.15) is 22.4 Å². The average molecular weight is 259 g/mol. The third-order valence-electron chi connectivity index (χ3n) is 3.46. The zero-order chi connectivity index (χ0) is 12.8. The Kier molecular flexibility index (Phi) is 4.97. The molecule has 2 rings (SSSR count). The molecule has 1 N–H and O–H groups in total. The molecule has 0 saturated heterocycles. The average Bonchev–Trinajstić information content (AvgIpc) is 2.90. The summed E-state index contributed by atoms with van der Waals surface area (Å²) in [5.74, 6) is 0. The van der Waals surface area contributed by atoms with E-state index in [-0.39, 0.29) is 0 Å². The van der Waals surface area contributed by atoms with Crippen LogP contribution in [0.25, 0.3) is 0 Å². The number of benzene rings is 1. The summed E-state index contributed by atoms with van der Waals surface area (Å²) in [4.78, 5) is 1.49. The lowest BCUT2D eigenvalue weighted by molar-refractivity contribution is 0.521. The van der Waals surface area contributed by atoms with Crippen LogP contribution < -0.4 is 5.32 Å². The van der Waals surface area contributed by atoms with Gasteiger partial charge in [-0.15, -0.1) is 11.3 Å². The highest BCUT2D eigenvalue weighted by Gasteiger charge is 2.09. The summed E-state index contributed by atoms with van der Waals surface area (Å²) in [6.07, 6.45) is 3.49. The fraction of sp³-hybridized carbons (Fsp3) is 0.375. The molecule has 1 aromatic carbocycles. The SMILES string of the molecule is CNC(CCc1cccs1)Cc1ccccc1C. The van der Waals surface area contributed by atoms with Gasteiger partial charge in [-0.2, -0.15) is 0 Å². The van der Waals surface area contributed by atoms with E-state index in [1.54, 1.807) is 0 Å². The van der Waals surface area contributed by atoms with E-state index in [1.807, 2.05) is 11.3 Å². The number of hydrogen-bond acceptors (Lipinski definition) is 2. The molecule has 0 spiro atoms. The van der Waals surface area contributed by atoms with Crippen molar-refractivity contribution in [2.45, 2.75) is 32.2 Å². The monoisotopic (exact) mass is 259 g/mol. The lowest BCUT2D eigenvalue weighted by atomic mass is 9.98. The van der Waals surface area contributed by atoms with Crippen molar-refractivity contribution in [1.82, 2.24) is 5.32 Å². The van der Waals surface area contributed by atoms with E-state index in [0.717, 1.165) is 6.42 Å². The van der Waals surface area contributed by atoms with Crippen LogP contribution in [-0.2, 0) is 12.8 Å². The molecule has 18 heavy (non-hydrogen) atoms. The molecule has 1 heterocycles. The molecule has 2 aromatic rings. The van der Waals surface area contributed by atoms with Crippen LogP contribution in [0, 0.1) is 6.92 Å². The van der Waals surface area contributed by atoms with Gasteiger partial charge in [-0.1, -0.05) is 30.3 Å². The summed E-state index contributed by atoms with van der Waals surface area (Å²) in [5.41, 5.74) is 2.86. The molecule has 0 bridgehead atoms. The maximum atomic E-state index is 3.44. The van der Waals surface area contributed by atoms with E-state index < -0.39 is 0 Å². The second-order valence-electron chi connectivity index (χ2n) is 4.73. The Morgan fingerprint density at radius 1 is 1.17 bits per heavy atom. The Morgan fingerprint density at radius 3 is 2.67 bits per heavy atom. The van der Waals surface area contributed by atoms with Gasteiger partial charge in [0.25, 0.3) is 0 Å². The second-order valence-corrected chi connectivity index (χ2v) is 5.77. The highest BCUT2D eigenvalue weighted by molar-refractivity contribution is 7.09. The van der Waals surface area contributed by atoms with E-state index in [2.05, 4.69) is 61.1 Å². The van der Waals surface area contributed by atoms with Gasteiger partial charge < -0.3 is 5.32 Å². The first kappa shape index (κ1) is 13.3. The molecule has 1 nitrogen and oxygen atoms in total. The molecular weight excluding hydrogens is 238 g/mol. The Bertz CT molecular complexity index is 462. The molecule has 1 unspecified atom stereocenters. The lowest BCUT2D eigenvalue weighted by Gasteiger charge is -2.17. The van der Waals surface area contributed by atoms with Crippen molar-refractivity contribution in [2.75, 3.05) is 7.05 Å². The maximum absolute atomic E-state index is 3.44. The molecule has 1 aromatic heterocycles. The first-order chi connectivity index (χ1) is 8.79. The van der Waals surface area contributed by atoms with Crippen molar-refractivity contribution < 1.29 is 0 Å². The summed E-state index contributed by atoms with van der Waals surface area (Å²) in [5, 5.41) is 5.60. The van der Waals surface area contributed by atoms with E-state index in [4.69, 9.17) is 0 Å². The van der Waals surface area contributed by atoms with Crippen LogP contribution in [0.5, 0.6) is 0 Å². The molecule has 96 valence electrons. The Morgan fingerprint density at radius 2 is 2.00 bits per heavy atom. The molecule has 1 atom stereocenters. The van der Waals surface area contributed by atoms with Crippen molar-refractivity contribution in [2.24, 2.45) is 0 Å². The second kappa shape index (κ2) is 6.72. The summed E-state index contributed by atoms with van der Waals surface area (Å²) in [7, 11) is 2.07. The van der Waals surface area contributed by atoms with Gasteiger partial charge in [0.15, 0.2) is 0 Å². The van der Waals surface area contributed by atoms with Crippen molar-refractivity contribution in [3.63, 3.8) is 0 Å². The van der Waals surface area contributed by atoms with Crippen LogP contribution in [0.3, 0.4) is 0 Å². The number of rotatable bonds is 6. The minimum atomic E-state index is 0.563. The van der Waals surface area contributed by atoms with Gasteiger partial charge in [-0.25, -0.2) is 0 Å².